The smallest absolute Gasteiger partial charge is 0.255 e. The van der Waals surface area contributed by atoms with Crippen LogP contribution < -0.4 is 19.5 Å². The average molecular weight is 387 g/mol. The van der Waals surface area contributed by atoms with Gasteiger partial charge in [0.15, 0.2) is 11.5 Å². The Bertz CT molecular complexity index is 760. The molecule has 0 aromatic heterocycles. The molecule has 1 N–H and O–H groups in total. The van der Waals surface area contributed by atoms with E-state index in [9.17, 15) is 4.79 Å². The predicted molar refractivity (Wildman–Crippen MR) is 110 cm³/mol. The molecule has 2 aromatic rings. The molecular weight excluding hydrogens is 358 g/mol. The third-order valence-corrected chi connectivity index (χ3v) is 4.03. The molecule has 152 valence electrons. The zero-order chi connectivity index (χ0) is 20.4. The van der Waals surface area contributed by atoms with Crippen molar-refractivity contribution in [2.24, 2.45) is 5.92 Å². The van der Waals surface area contributed by atoms with Crippen LogP contribution in [0.3, 0.4) is 0 Å². The molecule has 1 amide bonds. The summed E-state index contributed by atoms with van der Waals surface area (Å²) in [6.45, 7) is 5.85. The van der Waals surface area contributed by atoms with Gasteiger partial charge in [-0.2, -0.15) is 0 Å². The van der Waals surface area contributed by atoms with E-state index in [1.165, 1.54) is 0 Å². The Hall–Kier alpha value is -2.73. The number of ether oxygens (including phenoxy) is 4. The maximum atomic E-state index is 12.6. The Balaban J connectivity index is 2.02. The lowest BCUT2D eigenvalue weighted by molar-refractivity contribution is 0.102. The highest BCUT2D eigenvalue weighted by Gasteiger charge is 2.12. The molecule has 0 aliphatic carbocycles. The third kappa shape index (κ3) is 6.78. The van der Waals surface area contributed by atoms with Crippen molar-refractivity contribution in [3.63, 3.8) is 0 Å². The summed E-state index contributed by atoms with van der Waals surface area (Å²) in [6.07, 6.45) is 0.953. The van der Waals surface area contributed by atoms with Gasteiger partial charge in [0, 0.05) is 24.4 Å². The molecule has 0 saturated carbocycles. The lowest BCUT2D eigenvalue weighted by atomic mass is 10.1. The van der Waals surface area contributed by atoms with Gasteiger partial charge < -0.3 is 24.3 Å². The fraction of sp³-hybridized carbons (Fsp3) is 0.409. The number of hydrogen-bond acceptors (Lipinski definition) is 5. The van der Waals surface area contributed by atoms with Gasteiger partial charge >= 0.3 is 0 Å². The van der Waals surface area contributed by atoms with Crippen LogP contribution in [0.25, 0.3) is 0 Å². The molecule has 0 heterocycles. The van der Waals surface area contributed by atoms with Crippen LogP contribution in [0, 0.1) is 5.92 Å². The van der Waals surface area contributed by atoms with Crippen molar-refractivity contribution in [1.29, 1.82) is 0 Å². The van der Waals surface area contributed by atoms with Crippen molar-refractivity contribution in [2.45, 2.75) is 20.3 Å². The Morgan fingerprint density at radius 1 is 0.964 bits per heavy atom. The Kier molecular flexibility index (Phi) is 8.62. The minimum Gasteiger partial charge on any atom is -0.493 e. The van der Waals surface area contributed by atoms with Crippen molar-refractivity contribution in [3.05, 3.63) is 48.0 Å². The van der Waals surface area contributed by atoms with Gasteiger partial charge in [0.1, 0.15) is 12.4 Å². The van der Waals surface area contributed by atoms with Crippen LogP contribution in [-0.4, -0.2) is 39.9 Å². The zero-order valence-corrected chi connectivity index (χ0v) is 17.0. The summed E-state index contributed by atoms with van der Waals surface area (Å²) in [4.78, 5) is 12.6. The second-order valence-electron chi connectivity index (χ2n) is 6.72. The van der Waals surface area contributed by atoms with E-state index in [1.54, 1.807) is 38.5 Å². The van der Waals surface area contributed by atoms with E-state index in [4.69, 9.17) is 18.9 Å². The highest BCUT2D eigenvalue weighted by atomic mass is 16.5. The standard InChI is InChI=1S/C22H29NO5/c1-16(2)10-11-28-20-9-8-17(14-21(20)26-4)22(24)23-18-6-5-7-19(15-18)27-13-12-25-3/h5-9,14-16H,10-13H2,1-4H3,(H,23,24). The lowest BCUT2D eigenvalue weighted by Gasteiger charge is -2.13. The average Bonchev–Trinajstić information content (AvgIpc) is 2.68. The normalized spacial score (nSPS) is 10.6. The fourth-order valence-corrected chi connectivity index (χ4v) is 2.44. The largest absolute Gasteiger partial charge is 0.493 e. The van der Waals surface area contributed by atoms with Crippen LogP contribution in [0.4, 0.5) is 5.69 Å². The molecule has 0 unspecified atom stereocenters. The molecular formula is C22H29NO5. The monoisotopic (exact) mass is 387 g/mol. The lowest BCUT2D eigenvalue weighted by Crippen LogP contribution is -2.12. The van der Waals surface area contributed by atoms with E-state index in [1.807, 2.05) is 18.2 Å². The molecule has 0 bridgehead atoms. The highest BCUT2D eigenvalue weighted by molar-refractivity contribution is 6.04. The van der Waals surface area contributed by atoms with Gasteiger partial charge in [-0.05, 0) is 42.7 Å². The molecule has 0 fully saturated rings. The van der Waals surface area contributed by atoms with Gasteiger partial charge in [-0.1, -0.05) is 19.9 Å². The van der Waals surface area contributed by atoms with Crippen LogP contribution in [0.2, 0.25) is 0 Å². The number of hydrogen-bond donors (Lipinski definition) is 1. The molecule has 0 saturated heterocycles. The number of benzene rings is 2. The second-order valence-corrected chi connectivity index (χ2v) is 6.72. The first-order valence-corrected chi connectivity index (χ1v) is 9.37. The maximum absolute atomic E-state index is 12.6. The van der Waals surface area contributed by atoms with Crippen molar-refractivity contribution in [1.82, 2.24) is 0 Å². The topological polar surface area (TPSA) is 66.0 Å². The van der Waals surface area contributed by atoms with Crippen molar-refractivity contribution < 1.29 is 23.7 Å². The van der Waals surface area contributed by atoms with E-state index >= 15 is 0 Å². The molecule has 0 radical (unpaired) electrons. The van der Waals surface area contributed by atoms with Gasteiger partial charge in [-0.25, -0.2) is 0 Å². The molecule has 6 nitrogen and oxygen atoms in total. The molecule has 0 aliphatic heterocycles. The number of nitrogens with one attached hydrogen (secondary N) is 1. The van der Waals surface area contributed by atoms with Gasteiger partial charge in [0.05, 0.1) is 20.3 Å². The van der Waals surface area contributed by atoms with Crippen molar-refractivity contribution >= 4 is 11.6 Å². The fourth-order valence-electron chi connectivity index (χ4n) is 2.44. The highest BCUT2D eigenvalue weighted by Crippen LogP contribution is 2.29. The first-order valence-electron chi connectivity index (χ1n) is 9.37. The predicted octanol–water partition coefficient (Wildman–Crippen LogP) is 4.40. The summed E-state index contributed by atoms with van der Waals surface area (Å²) in [5.74, 6) is 2.16. The first kappa shape index (κ1) is 21.6. The maximum Gasteiger partial charge on any atom is 0.255 e. The van der Waals surface area contributed by atoms with E-state index in [-0.39, 0.29) is 5.91 Å². The summed E-state index contributed by atoms with van der Waals surface area (Å²) in [7, 11) is 3.18. The number of anilines is 1. The molecule has 0 aliphatic rings. The molecule has 28 heavy (non-hydrogen) atoms. The SMILES string of the molecule is COCCOc1cccc(NC(=O)c2ccc(OCCC(C)C)c(OC)c2)c1. The van der Waals surface area contributed by atoms with E-state index in [0.29, 0.717) is 54.2 Å². The summed E-state index contributed by atoms with van der Waals surface area (Å²) in [5.41, 5.74) is 1.13. The van der Waals surface area contributed by atoms with Gasteiger partial charge in [0.2, 0.25) is 0 Å². The number of methoxy groups -OCH3 is 2. The van der Waals surface area contributed by atoms with Gasteiger partial charge in [0.25, 0.3) is 5.91 Å². The molecule has 2 aromatic carbocycles. The van der Waals surface area contributed by atoms with Crippen LogP contribution in [0.5, 0.6) is 17.2 Å². The Morgan fingerprint density at radius 2 is 1.79 bits per heavy atom. The number of carbonyl (C=O) groups excluding carboxylic acids is 1. The summed E-state index contributed by atoms with van der Waals surface area (Å²) < 4.78 is 21.7. The van der Waals surface area contributed by atoms with Gasteiger partial charge in [-0.3, -0.25) is 4.79 Å². The van der Waals surface area contributed by atoms with Gasteiger partial charge in [-0.15, -0.1) is 0 Å². The van der Waals surface area contributed by atoms with Crippen LogP contribution in [0.15, 0.2) is 42.5 Å². The quantitative estimate of drug-likeness (QED) is 0.579. The molecule has 0 spiro atoms. The third-order valence-electron chi connectivity index (χ3n) is 4.03. The Labute approximate surface area is 166 Å². The van der Waals surface area contributed by atoms with E-state index in [2.05, 4.69) is 19.2 Å². The number of rotatable bonds is 11. The molecule has 0 atom stereocenters. The van der Waals surface area contributed by atoms with E-state index < -0.39 is 0 Å². The minimum atomic E-state index is -0.235. The summed E-state index contributed by atoms with van der Waals surface area (Å²) >= 11 is 0. The number of amides is 1. The molecule has 6 heteroatoms. The summed E-state index contributed by atoms with van der Waals surface area (Å²) in [6, 6.07) is 12.4. The van der Waals surface area contributed by atoms with Crippen LogP contribution in [-0.2, 0) is 4.74 Å². The second kappa shape index (κ2) is 11.2. The summed E-state index contributed by atoms with van der Waals surface area (Å²) in [5, 5.41) is 2.87. The van der Waals surface area contributed by atoms with Crippen molar-refractivity contribution in [3.8, 4) is 17.2 Å². The Morgan fingerprint density at radius 3 is 2.50 bits per heavy atom. The zero-order valence-electron chi connectivity index (χ0n) is 17.0. The first-order chi connectivity index (χ1) is 13.5. The van der Waals surface area contributed by atoms with Crippen LogP contribution >= 0.6 is 0 Å². The van der Waals surface area contributed by atoms with Crippen LogP contribution in [0.1, 0.15) is 30.6 Å². The number of carbonyl (C=O) groups is 1. The minimum absolute atomic E-state index is 0.235. The van der Waals surface area contributed by atoms with Crippen molar-refractivity contribution in [2.75, 3.05) is 39.4 Å². The van der Waals surface area contributed by atoms with E-state index in [0.717, 1.165) is 6.42 Å². The molecule has 2 rings (SSSR count).